The van der Waals surface area contributed by atoms with Gasteiger partial charge in [0.15, 0.2) is 0 Å². The van der Waals surface area contributed by atoms with Crippen LogP contribution in [0.2, 0.25) is 0 Å². The van der Waals surface area contributed by atoms with Crippen molar-refractivity contribution >= 4 is 37.1 Å². The molecule has 0 fully saturated rings. The van der Waals surface area contributed by atoms with Crippen LogP contribution in [0.25, 0.3) is 0 Å². The molecule has 0 aliphatic carbocycles. The van der Waals surface area contributed by atoms with E-state index in [4.69, 9.17) is 40.0 Å². The summed E-state index contributed by atoms with van der Waals surface area (Å²) in [5.41, 5.74) is -0.488. The molecule has 8 heavy (non-hydrogen) atoms. The van der Waals surface area contributed by atoms with Gasteiger partial charge in [-0.3, -0.25) is 0 Å². The van der Waals surface area contributed by atoms with Crippen molar-refractivity contribution in [3.05, 3.63) is 0 Å². The van der Waals surface area contributed by atoms with Crippen LogP contribution in [0, 0.1) is 0 Å². The number of hydrogen-bond acceptors (Lipinski definition) is 1. The molecule has 0 aromatic rings. The van der Waals surface area contributed by atoms with Gasteiger partial charge in [0.1, 0.15) is 0 Å². The van der Waals surface area contributed by atoms with Crippen molar-refractivity contribution in [2.75, 3.05) is 0 Å². The third-order valence-corrected chi connectivity index (χ3v) is 3.86. The second kappa shape index (κ2) is 4.00. The van der Waals surface area contributed by atoms with E-state index in [-0.39, 0.29) is 0 Å². The first-order valence-corrected chi connectivity index (χ1v) is 12.7. The summed E-state index contributed by atoms with van der Waals surface area (Å²) in [4.78, 5) is 0. The Balaban J connectivity index is 3.39. The monoisotopic (exact) mass is 274 g/mol. The van der Waals surface area contributed by atoms with Crippen LogP contribution in [0.5, 0.6) is 0 Å². The van der Waals surface area contributed by atoms with Crippen molar-refractivity contribution in [3.63, 3.8) is 0 Å². The van der Waals surface area contributed by atoms with Crippen LogP contribution in [0.1, 0.15) is 6.92 Å². The van der Waals surface area contributed by atoms with Crippen LogP contribution in [0.3, 0.4) is 0 Å². The summed E-state index contributed by atoms with van der Waals surface area (Å²) in [6.07, 6.45) is 0. The average Bonchev–Trinajstić information content (AvgIpc) is 1.21. The number of alkyl halides is 1. The molecule has 50 valence electrons. The quantitative estimate of drug-likeness (QED) is 0.705. The van der Waals surface area contributed by atoms with Gasteiger partial charge in [-0.2, -0.15) is 0 Å². The Labute approximate surface area is 68.9 Å². The van der Waals surface area contributed by atoms with Gasteiger partial charge in [-0.25, -0.2) is 0 Å². The first-order valence-electron chi connectivity index (χ1n) is 1.80. The normalized spacial score (nSPS) is 16.1. The summed E-state index contributed by atoms with van der Waals surface area (Å²) < 4.78 is 4.71. The molecular weight excluding hydrogens is 273 g/mol. The molecule has 0 rings (SSSR count). The van der Waals surface area contributed by atoms with Crippen molar-refractivity contribution in [2.45, 2.75) is 12.5 Å². The molecule has 0 heterocycles. The van der Waals surface area contributed by atoms with E-state index in [0.29, 0.717) is 0 Å². The van der Waals surface area contributed by atoms with Crippen LogP contribution in [0.4, 0.5) is 0 Å². The van der Waals surface area contributed by atoms with Gasteiger partial charge >= 0.3 is 69.6 Å². The fourth-order valence-corrected chi connectivity index (χ4v) is 5.06. The topological polar surface area (TPSA) is 9.23 Å². The number of halogens is 4. The van der Waals surface area contributed by atoms with E-state index >= 15 is 0 Å². The Kier molecular flexibility index (Phi) is 5.00. The summed E-state index contributed by atoms with van der Waals surface area (Å²) in [7, 11) is 16.1. The number of rotatable bonds is 2. The fraction of sp³-hybridized carbons (Fsp3) is 1.00. The van der Waals surface area contributed by atoms with Crippen molar-refractivity contribution in [1.82, 2.24) is 0 Å². The first-order chi connectivity index (χ1) is 3.42. The minimum absolute atomic E-state index is 0.488. The Morgan fingerprint density at radius 1 is 1.38 bits per heavy atom. The van der Waals surface area contributed by atoms with Gasteiger partial charge in [0.25, 0.3) is 0 Å². The molecule has 0 aromatic carbocycles. The summed E-state index contributed by atoms with van der Waals surface area (Å²) >= 11 is 1.77. The maximum atomic E-state index is 5.36. The van der Waals surface area contributed by atoms with E-state index in [9.17, 15) is 0 Å². The molecule has 0 N–H and O–H groups in total. The van der Waals surface area contributed by atoms with Crippen LogP contribution >= 0.6 is 37.1 Å². The predicted octanol–water partition coefficient (Wildman–Crippen LogP) is 3.12. The summed E-state index contributed by atoms with van der Waals surface area (Å²) in [5, 5.41) is 0. The van der Waals surface area contributed by atoms with Crippen molar-refractivity contribution in [1.29, 1.82) is 0 Å². The van der Waals surface area contributed by atoms with Crippen molar-refractivity contribution in [2.24, 2.45) is 0 Å². The second-order valence-corrected chi connectivity index (χ2v) is 17.4. The third-order valence-electron chi connectivity index (χ3n) is 0.296. The fourth-order valence-electron chi connectivity index (χ4n) is 0.184. The SMILES string of the molecule is CC(Cl)[O][Zr]([Cl])([Cl])[Cl]. The molecule has 1 unspecified atom stereocenters. The van der Waals surface area contributed by atoms with Gasteiger partial charge in [-0.05, 0) is 0 Å². The van der Waals surface area contributed by atoms with Crippen LogP contribution in [0.15, 0.2) is 0 Å². The summed E-state index contributed by atoms with van der Waals surface area (Å²) in [5.74, 6) is 0. The van der Waals surface area contributed by atoms with Gasteiger partial charge in [0.05, 0.1) is 0 Å². The molecule has 0 radical (unpaired) electrons. The van der Waals surface area contributed by atoms with Crippen LogP contribution in [-0.4, -0.2) is 5.56 Å². The molecule has 0 aliphatic rings. The Morgan fingerprint density at radius 2 is 1.75 bits per heavy atom. The molecule has 1 nitrogen and oxygen atoms in total. The Hall–Kier alpha value is 2.00. The molecule has 0 aliphatic heterocycles. The average molecular weight is 277 g/mol. The molecule has 0 spiro atoms. The molecule has 0 saturated heterocycles. The van der Waals surface area contributed by atoms with Gasteiger partial charge in [-0.15, -0.1) is 0 Å². The minimum atomic E-state index is -3.57. The zero-order valence-corrected chi connectivity index (χ0v) is 9.48. The van der Waals surface area contributed by atoms with E-state index in [0.717, 1.165) is 0 Å². The Bertz CT molecular complexity index is 68.9. The van der Waals surface area contributed by atoms with E-state index in [1.54, 1.807) is 6.92 Å². The standard InChI is InChI=1S/C2H4ClO.3ClH.Zr/c1-2(3)4;;;;/h2H,1H3;3*1H;/q-1;;;;+4/p-3. The van der Waals surface area contributed by atoms with Crippen molar-refractivity contribution < 1.29 is 19.9 Å². The molecular formula is C2H4Cl4OZr. The molecule has 0 bridgehead atoms. The van der Waals surface area contributed by atoms with Gasteiger partial charge in [0, 0.05) is 0 Å². The first kappa shape index (κ1) is 10.0. The zero-order valence-electron chi connectivity index (χ0n) is 4.00. The van der Waals surface area contributed by atoms with E-state index in [1.165, 1.54) is 0 Å². The Morgan fingerprint density at radius 3 is 1.75 bits per heavy atom. The zero-order chi connectivity index (χ0) is 6.78. The number of hydrogen-bond donors (Lipinski definition) is 0. The third kappa shape index (κ3) is 8.00. The van der Waals surface area contributed by atoms with Gasteiger partial charge < -0.3 is 0 Å². The van der Waals surface area contributed by atoms with Crippen molar-refractivity contribution in [3.8, 4) is 0 Å². The molecule has 0 saturated carbocycles. The van der Waals surface area contributed by atoms with Gasteiger partial charge in [-0.1, -0.05) is 0 Å². The molecule has 6 heteroatoms. The maximum absolute atomic E-state index is 5.36. The molecule has 0 aromatic heterocycles. The summed E-state index contributed by atoms with van der Waals surface area (Å²) in [6.45, 7) is 1.61. The van der Waals surface area contributed by atoms with Gasteiger partial charge in [0.2, 0.25) is 0 Å². The predicted molar refractivity (Wildman–Crippen MR) is 34.0 cm³/mol. The second-order valence-electron chi connectivity index (χ2n) is 1.11. The molecule has 1 atom stereocenters. The van der Waals surface area contributed by atoms with E-state index < -0.39 is 22.7 Å². The van der Waals surface area contributed by atoms with E-state index in [1.807, 2.05) is 0 Å². The molecule has 0 amide bonds. The van der Waals surface area contributed by atoms with Crippen LogP contribution < -0.4 is 0 Å². The van der Waals surface area contributed by atoms with E-state index in [2.05, 4.69) is 0 Å². The van der Waals surface area contributed by atoms with Crippen LogP contribution in [-0.2, 0) is 19.9 Å². The summed E-state index contributed by atoms with van der Waals surface area (Å²) in [6, 6.07) is 0.